The van der Waals surface area contributed by atoms with Gasteiger partial charge in [0, 0.05) is 32.3 Å². The molecule has 0 saturated carbocycles. The number of likely N-dealkylation sites (tertiary alicyclic amines) is 1. The Bertz CT molecular complexity index is 1120. The number of carbonyl (C=O) groups is 1. The third-order valence-corrected chi connectivity index (χ3v) is 5.25. The van der Waals surface area contributed by atoms with Crippen LogP contribution in [0.25, 0.3) is 5.69 Å². The molecule has 7 nitrogen and oxygen atoms in total. The standard InChI is InChI=1S/C20H19F4N5O2/c1-27-11-16(20(22,23)24)25-18(27)12-4-3-7-28(9-12)19(31)17-15(30)10-29(26-17)14-6-2-5-13(21)8-14/h2,5-6,8,10-12,30H,3-4,7,9H2,1H3. The number of hydrogen-bond acceptors (Lipinski definition) is 4. The van der Waals surface area contributed by atoms with E-state index in [1.807, 2.05) is 0 Å². The molecule has 2 aromatic heterocycles. The van der Waals surface area contributed by atoms with Gasteiger partial charge < -0.3 is 14.6 Å². The third kappa shape index (κ3) is 4.12. The minimum atomic E-state index is -4.55. The fourth-order valence-electron chi connectivity index (χ4n) is 3.79. The lowest BCUT2D eigenvalue weighted by atomic mass is 9.97. The summed E-state index contributed by atoms with van der Waals surface area (Å²) >= 11 is 0. The molecule has 1 N–H and O–H groups in total. The van der Waals surface area contributed by atoms with Crippen molar-refractivity contribution in [1.29, 1.82) is 0 Å². The van der Waals surface area contributed by atoms with Crippen molar-refractivity contribution in [2.45, 2.75) is 24.9 Å². The average molecular weight is 437 g/mol. The average Bonchev–Trinajstić information content (AvgIpc) is 3.30. The van der Waals surface area contributed by atoms with Crippen LogP contribution in [0.2, 0.25) is 0 Å². The molecule has 3 heterocycles. The summed E-state index contributed by atoms with van der Waals surface area (Å²) in [5, 5.41) is 14.3. The maximum Gasteiger partial charge on any atom is 0.434 e. The number of imidazole rings is 1. The number of carbonyl (C=O) groups excluding carboxylic acids is 1. The fraction of sp³-hybridized carbons (Fsp3) is 0.350. The Labute approximate surface area is 174 Å². The second-order valence-corrected chi connectivity index (χ2v) is 7.47. The zero-order valence-corrected chi connectivity index (χ0v) is 16.5. The summed E-state index contributed by atoms with van der Waals surface area (Å²) in [5.41, 5.74) is -0.848. The molecule has 1 amide bonds. The maximum atomic E-state index is 13.5. The van der Waals surface area contributed by atoms with Gasteiger partial charge in [0.2, 0.25) is 0 Å². The molecule has 0 spiro atoms. The maximum absolute atomic E-state index is 13.5. The lowest BCUT2D eigenvalue weighted by Crippen LogP contribution is -2.40. The van der Waals surface area contributed by atoms with Crippen molar-refractivity contribution in [2.75, 3.05) is 13.1 Å². The fourth-order valence-corrected chi connectivity index (χ4v) is 3.79. The SMILES string of the molecule is Cn1cc(C(F)(F)F)nc1C1CCCN(C(=O)c2nn(-c3cccc(F)c3)cc2O)C1. The Morgan fingerprint density at radius 3 is 2.71 bits per heavy atom. The van der Waals surface area contributed by atoms with Crippen molar-refractivity contribution >= 4 is 5.91 Å². The minimum absolute atomic E-state index is 0.146. The van der Waals surface area contributed by atoms with Gasteiger partial charge in [0.15, 0.2) is 17.1 Å². The Morgan fingerprint density at radius 2 is 2.03 bits per heavy atom. The van der Waals surface area contributed by atoms with Gasteiger partial charge in [-0.05, 0) is 31.0 Å². The highest BCUT2D eigenvalue weighted by Crippen LogP contribution is 2.33. The molecular formula is C20H19F4N5O2. The van der Waals surface area contributed by atoms with Crippen molar-refractivity contribution in [3.05, 3.63) is 59.7 Å². The molecule has 1 aromatic carbocycles. The molecule has 0 radical (unpaired) electrons. The van der Waals surface area contributed by atoms with E-state index < -0.39 is 23.6 Å². The van der Waals surface area contributed by atoms with Gasteiger partial charge in [0.05, 0.1) is 11.9 Å². The number of hydrogen-bond donors (Lipinski definition) is 1. The third-order valence-electron chi connectivity index (χ3n) is 5.25. The Morgan fingerprint density at radius 1 is 1.26 bits per heavy atom. The molecule has 0 aliphatic carbocycles. The van der Waals surface area contributed by atoms with E-state index in [0.29, 0.717) is 25.1 Å². The number of halogens is 4. The molecule has 1 aliphatic heterocycles. The van der Waals surface area contributed by atoms with Gasteiger partial charge in [-0.1, -0.05) is 6.07 Å². The van der Waals surface area contributed by atoms with Crippen LogP contribution in [0.3, 0.4) is 0 Å². The van der Waals surface area contributed by atoms with Crippen LogP contribution in [-0.2, 0) is 13.2 Å². The molecule has 164 valence electrons. The number of nitrogens with zero attached hydrogens (tertiary/aromatic N) is 5. The van der Waals surface area contributed by atoms with Gasteiger partial charge in [0.1, 0.15) is 11.6 Å². The van der Waals surface area contributed by atoms with Crippen molar-refractivity contribution in [3.8, 4) is 11.4 Å². The normalized spacial score (nSPS) is 17.2. The predicted molar refractivity (Wildman–Crippen MR) is 101 cm³/mol. The van der Waals surface area contributed by atoms with Crippen LogP contribution in [0.5, 0.6) is 5.75 Å². The molecule has 1 aliphatic rings. The van der Waals surface area contributed by atoms with Gasteiger partial charge in [0.25, 0.3) is 5.91 Å². The van der Waals surface area contributed by atoms with Crippen LogP contribution in [0, 0.1) is 5.82 Å². The first-order valence-corrected chi connectivity index (χ1v) is 9.58. The summed E-state index contributed by atoms with van der Waals surface area (Å²) < 4.78 is 54.9. The smallest absolute Gasteiger partial charge is 0.434 e. The minimum Gasteiger partial charge on any atom is -0.504 e. The number of aromatic hydroxyl groups is 1. The van der Waals surface area contributed by atoms with E-state index in [1.165, 1.54) is 45.6 Å². The summed E-state index contributed by atoms with van der Waals surface area (Å²) in [6.45, 7) is 0.519. The number of aromatic nitrogens is 4. The summed E-state index contributed by atoms with van der Waals surface area (Å²) in [5.74, 6) is -1.55. The number of alkyl halides is 3. The number of benzene rings is 1. The predicted octanol–water partition coefficient (Wildman–Crippen LogP) is 3.49. The molecule has 0 bridgehead atoms. The van der Waals surface area contributed by atoms with Gasteiger partial charge in [-0.15, -0.1) is 0 Å². The number of rotatable bonds is 3. The van der Waals surface area contributed by atoms with Crippen molar-refractivity contribution in [1.82, 2.24) is 24.2 Å². The lowest BCUT2D eigenvalue weighted by molar-refractivity contribution is -0.141. The first-order chi connectivity index (χ1) is 14.6. The van der Waals surface area contributed by atoms with Crippen LogP contribution in [0.1, 0.15) is 40.8 Å². The van der Waals surface area contributed by atoms with E-state index in [2.05, 4.69) is 10.1 Å². The second kappa shape index (κ2) is 7.71. The molecule has 4 rings (SSSR count). The number of amides is 1. The lowest BCUT2D eigenvalue weighted by Gasteiger charge is -2.32. The highest BCUT2D eigenvalue weighted by Gasteiger charge is 2.37. The van der Waals surface area contributed by atoms with Crippen LogP contribution in [0.4, 0.5) is 17.6 Å². The Hall–Kier alpha value is -3.37. The summed E-state index contributed by atoms with van der Waals surface area (Å²) in [6.07, 6.45) is -1.26. The zero-order valence-electron chi connectivity index (χ0n) is 16.5. The Balaban J connectivity index is 1.56. The van der Waals surface area contributed by atoms with E-state index >= 15 is 0 Å². The monoisotopic (exact) mass is 437 g/mol. The quantitative estimate of drug-likeness (QED) is 0.637. The van der Waals surface area contributed by atoms with Gasteiger partial charge in [-0.2, -0.15) is 18.3 Å². The highest BCUT2D eigenvalue weighted by molar-refractivity contribution is 5.95. The number of piperidine rings is 1. The van der Waals surface area contributed by atoms with Crippen molar-refractivity contribution in [3.63, 3.8) is 0 Å². The molecule has 11 heteroatoms. The van der Waals surface area contributed by atoms with E-state index in [1.54, 1.807) is 6.07 Å². The molecule has 31 heavy (non-hydrogen) atoms. The zero-order chi connectivity index (χ0) is 22.3. The highest BCUT2D eigenvalue weighted by atomic mass is 19.4. The summed E-state index contributed by atoms with van der Waals surface area (Å²) in [7, 11) is 1.49. The molecule has 1 unspecified atom stereocenters. The topological polar surface area (TPSA) is 76.2 Å². The first kappa shape index (κ1) is 20.9. The van der Waals surface area contributed by atoms with E-state index in [0.717, 1.165) is 6.20 Å². The first-order valence-electron chi connectivity index (χ1n) is 9.58. The molecule has 1 fully saturated rings. The second-order valence-electron chi connectivity index (χ2n) is 7.47. The molecule has 1 atom stereocenters. The molecule has 3 aromatic rings. The van der Waals surface area contributed by atoms with Gasteiger partial charge >= 0.3 is 6.18 Å². The van der Waals surface area contributed by atoms with Gasteiger partial charge in [-0.3, -0.25) is 4.79 Å². The van der Waals surface area contributed by atoms with Gasteiger partial charge in [-0.25, -0.2) is 14.1 Å². The number of aryl methyl sites for hydroxylation is 1. The van der Waals surface area contributed by atoms with E-state index in [4.69, 9.17) is 0 Å². The summed E-state index contributed by atoms with van der Waals surface area (Å²) in [6, 6.07) is 5.51. The summed E-state index contributed by atoms with van der Waals surface area (Å²) in [4.78, 5) is 18.1. The largest absolute Gasteiger partial charge is 0.504 e. The van der Waals surface area contributed by atoms with Crippen LogP contribution in [0.15, 0.2) is 36.7 Å². The molecular weight excluding hydrogens is 418 g/mol. The van der Waals surface area contributed by atoms with E-state index in [-0.39, 0.29) is 29.7 Å². The van der Waals surface area contributed by atoms with Crippen LogP contribution < -0.4 is 0 Å². The van der Waals surface area contributed by atoms with Crippen molar-refractivity contribution < 1.29 is 27.5 Å². The van der Waals surface area contributed by atoms with Crippen LogP contribution in [-0.4, -0.2) is 48.3 Å². The molecule has 1 saturated heterocycles. The van der Waals surface area contributed by atoms with Crippen molar-refractivity contribution in [2.24, 2.45) is 7.05 Å². The van der Waals surface area contributed by atoms with E-state index in [9.17, 15) is 27.5 Å². The Kier molecular flexibility index (Phi) is 5.19. The van der Waals surface area contributed by atoms with Crippen LogP contribution >= 0.6 is 0 Å².